The van der Waals surface area contributed by atoms with Crippen molar-refractivity contribution in [1.29, 1.82) is 0 Å². The Hall–Kier alpha value is 0.288. The highest BCUT2D eigenvalue weighted by Crippen LogP contribution is 2.43. The maximum Gasteiger partial charge on any atom is 0.343 e. The van der Waals surface area contributed by atoms with Gasteiger partial charge in [-0.25, -0.2) is 0 Å². The normalized spacial score (nSPS) is 16.2. The molecule has 1 aliphatic carbocycles. The lowest BCUT2D eigenvalue weighted by atomic mass is 10.0. The van der Waals surface area contributed by atoms with Crippen LogP contribution in [0.4, 0.5) is 0 Å². The molecule has 0 aromatic carbocycles. The van der Waals surface area contributed by atoms with Gasteiger partial charge in [0.2, 0.25) is 0 Å². The molecule has 0 N–H and O–H groups in total. The summed E-state index contributed by atoms with van der Waals surface area (Å²) in [5, 5.41) is 0. The van der Waals surface area contributed by atoms with Crippen LogP contribution in [0.1, 0.15) is 87.5 Å². The van der Waals surface area contributed by atoms with Gasteiger partial charge in [-0.05, 0) is 74.8 Å². The minimum atomic E-state index is -2.68. The molecule has 1 fully saturated rings. The molecule has 8 nitrogen and oxygen atoms in total. The van der Waals surface area contributed by atoms with Crippen molar-refractivity contribution < 1.29 is 35.4 Å². The maximum atomic E-state index is 6.69. The molecule has 0 bridgehead atoms. The Morgan fingerprint density at radius 1 is 0.488 bits per heavy atom. The van der Waals surface area contributed by atoms with E-state index in [4.69, 9.17) is 35.4 Å². The Balaban J connectivity index is 3.32. The second-order valence-electron chi connectivity index (χ2n) is 10.8. The van der Waals surface area contributed by atoms with Crippen molar-refractivity contribution in [2.75, 3.05) is 52.9 Å². The molecular formula is C29H64O8Si4. The van der Waals surface area contributed by atoms with Gasteiger partial charge in [-0.1, -0.05) is 31.4 Å². The van der Waals surface area contributed by atoms with Crippen molar-refractivity contribution >= 4 is 34.2 Å². The highest BCUT2D eigenvalue weighted by atomic mass is 28.4. The van der Waals surface area contributed by atoms with Gasteiger partial charge < -0.3 is 35.4 Å². The lowest BCUT2D eigenvalue weighted by molar-refractivity contribution is 0.151. The highest BCUT2D eigenvalue weighted by molar-refractivity contribution is 6.87. The molecule has 0 atom stereocenters. The van der Waals surface area contributed by atoms with Crippen LogP contribution in [-0.4, -0.2) is 87.1 Å². The van der Waals surface area contributed by atoms with E-state index in [1.807, 2.05) is 27.7 Å². The van der Waals surface area contributed by atoms with Crippen molar-refractivity contribution in [2.24, 2.45) is 0 Å². The molecule has 0 heterocycles. The van der Waals surface area contributed by atoms with Gasteiger partial charge in [-0.2, -0.15) is 0 Å². The van der Waals surface area contributed by atoms with E-state index in [0.29, 0.717) is 58.4 Å². The molecular weight excluding hydrogens is 589 g/mol. The first-order valence-corrected chi connectivity index (χ1v) is 25.6. The van der Waals surface area contributed by atoms with E-state index in [9.17, 15) is 0 Å². The van der Waals surface area contributed by atoms with Crippen LogP contribution in [0, 0.1) is 0 Å². The zero-order chi connectivity index (χ0) is 30.7. The quantitative estimate of drug-likeness (QED) is 0.0736. The van der Waals surface area contributed by atoms with E-state index < -0.39 is 34.2 Å². The van der Waals surface area contributed by atoms with E-state index in [2.05, 4.69) is 46.4 Å². The van der Waals surface area contributed by atoms with Crippen LogP contribution in [0.2, 0.25) is 35.5 Å². The van der Waals surface area contributed by atoms with Crippen LogP contribution in [0.3, 0.4) is 0 Å². The van der Waals surface area contributed by atoms with Gasteiger partial charge in [0.05, 0.1) is 0 Å². The fraction of sp³-hybridized carbons (Fsp3) is 0.931. The number of hydrogen-bond acceptors (Lipinski definition) is 8. The van der Waals surface area contributed by atoms with E-state index >= 15 is 0 Å². The SMILES string of the molecule is CCO[Si](C)(C[Si](C/C=C/C[Si](C[Si](OCC)(OCC)C1CCCCC1)(OCC)OCC)(OCC)OCC)OCC. The molecule has 0 aliphatic heterocycles. The molecule has 0 radical (unpaired) electrons. The summed E-state index contributed by atoms with van der Waals surface area (Å²) in [6, 6.07) is 1.49. The Bertz CT molecular complexity index is 670. The molecule has 244 valence electrons. The smallest absolute Gasteiger partial charge is 0.343 e. The molecule has 0 unspecified atom stereocenters. The third-order valence-electron chi connectivity index (χ3n) is 7.66. The molecule has 0 aromatic heterocycles. The molecule has 12 heteroatoms. The molecule has 0 saturated heterocycles. The molecule has 1 aliphatic rings. The zero-order valence-electron chi connectivity index (χ0n) is 28.0. The number of rotatable bonds is 25. The third-order valence-corrected chi connectivity index (χ3v) is 26.7. The molecule has 41 heavy (non-hydrogen) atoms. The Morgan fingerprint density at radius 2 is 0.854 bits per heavy atom. The average molecular weight is 653 g/mol. The summed E-state index contributed by atoms with van der Waals surface area (Å²) >= 11 is 0. The fourth-order valence-corrected chi connectivity index (χ4v) is 26.8. The summed E-state index contributed by atoms with van der Waals surface area (Å²) in [5.41, 5.74) is 2.03. The van der Waals surface area contributed by atoms with Gasteiger partial charge >= 0.3 is 34.2 Å². The minimum Gasteiger partial charge on any atom is -0.395 e. The molecule has 0 spiro atoms. The molecule has 0 aromatic rings. The molecule has 0 amide bonds. The summed E-state index contributed by atoms with van der Waals surface area (Å²) in [4.78, 5) is 0. The monoisotopic (exact) mass is 652 g/mol. The summed E-state index contributed by atoms with van der Waals surface area (Å²) in [6.45, 7) is 23.7. The Labute approximate surface area is 257 Å². The van der Waals surface area contributed by atoms with Crippen LogP contribution in [0.15, 0.2) is 12.2 Å². The first kappa shape index (κ1) is 39.3. The molecule has 1 saturated carbocycles. The predicted octanol–water partition coefficient (Wildman–Crippen LogP) is 7.65. The standard InChI is InChI=1S/C29H64O8Si4/c1-10-30-38(9,31-11-2)27-39(32-12-3,33-13-4)25-21-22-26-40(34-14-5,35-15-6)28-41(36-16-7,37-17-8)29-23-19-18-20-24-29/h21-22,29H,10-20,23-28H2,1-9H3/b22-21+. The fourth-order valence-electron chi connectivity index (χ4n) is 6.42. The van der Waals surface area contributed by atoms with Crippen LogP contribution >= 0.6 is 0 Å². The van der Waals surface area contributed by atoms with Crippen molar-refractivity contribution in [3.8, 4) is 0 Å². The van der Waals surface area contributed by atoms with Gasteiger partial charge in [0.1, 0.15) is 0 Å². The van der Waals surface area contributed by atoms with Crippen molar-refractivity contribution in [3.63, 3.8) is 0 Å². The summed E-state index contributed by atoms with van der Waals surface area (Å²) in [6.07, 6.45) is 10.7. The second kappa shape index (κ2) is 21.1. The first-order valence-electron chi connectivity index (χ1n) is 16.5. The maximum absolute atomic E-state index is 6.69. The number of allylic oxidation sites excluding steroid dienone is 2. The largest absolute Gasteiger partial charge is 0.395 e. The van der Waals surface area contributed by atoms with E-state index in [1.54, 1.807) is 0 Å². The van der Waals surface area contributed by atoms with E-state index in [-0.39, 0.29) is 0 Å². The van der Waals surface area contributed by atoms with Gasteiger partial charge in [-0.3, -0.25) is 0 Å². The van der Waals surface area contributed by atoms with Gasteiger partial charge in [0.25, 0.3) is 0 Å². The first-order chi connectivity index (χ1) is 19.7. The summed E-state index contributed by atoms with van der Waals surface area (Å²) in [7, 11) is -10.3. The Morgan fingerprint density at radius 3 is 1.22 bits per heavy atom. The lowest BCUT2D eigenvalue weighted by Crippen LogP contribution is -2.57. The van der Waals surface area contributed by atoms with E-state index in [1.165, 1.54) is 32.1 Å². The Kier molecular flexibility index (Phi) is 20.2. The summed E-state index contributed by atoms with van der Waals surface area (Å²) < 4.78 is 52.0. The van der Waals surface area contributed by atoms with Gasteiger partial charge in [0, 0.05) is 81.8 Å². The van der Waals surface area contributed by atoms with Crippen molar-refractivity contribution in [3.05, 3.63) is 12.2 Å². The van der Waals surface area contributed by atoms with Gasteiger partial charge in [0.15, 0.2) is 0 Å². The number of hydrogen-bond donors (Lipinski definition) is 0. The highest BCUT2D eigenvalue weighted by Gasteiger charge is 2.55. The third kappa shape index (κ3) is 13.0. The van der Waals surface area contributed by atoms with Crippen molar-refractivity contribution in [2.45, 2.75) is 123 Å². The predicted molar refractivity (Wildman–Crippen MR) is 177 cm³/mol. The summed E-state index contributed by atoms with van der Waals surface area (Å²) in [5.74, 6) is 0. The van der Waals surface area contributed by atoms with Gasteiger partial charge in [-0.15, -0.1) is 0 Å². The second-order valence-corrected chi connectivity index (χ2v) is 25.1. The zero-order valence-corrected chi connectivity index (χ0v) is 32.0. The minimum absolute atomic E-state index is 0.489. The van der Waals surface area contributed by atoms with Crippen LogP contribution in [0.25, 0.3) is 0 Å². The van der Waals surface area contributed by atoms with Crippen molar-refractivity contribution in [1.82, 2.24) is 0 Å². The average Bonchev–Trinajstić information content (AvgIpc) is 2.93. The van der Waals surface area contributed by atoms with Crippen LogP contribution < -0.4 is 0 Å². The topological polar surface area (TPSA) is 73.8 Å². The van der Waals surface area contributed by atoms with Crippen LogP contribution in [-0.2, 0) is 35.4 Å². The lowest BCUT2D eigenvalue weighted by Gasteiger charge is -2.43. The van der Waals surface area contributed by atoms with Crippen LogP contribution in [0.5, 0.6) is 0 Å². The van der Waals surface area contributed by atoms with E-state index in [0.717, 1.165) is 23.4 Å². The molecule has 1 rings (SSSR count).